The summed E-state index contributed by atoms with van der Waals surface area (Å²) in [4.78, 5) is 56.0. The second kappa shape index (κ2) is 19.6. The van der Waals surface area contributed by atoms with Gasteiger partial charge in [0.05, 0.1) is 64.9 Å². The highest BCUT2D eigenvalue weighted by Crippen LogP contribution is 2.38. The number of benzene rings is 2. The fraction of sp³-hybridized carbons (Fsp3) is 0.476. The number of esters is 2. The molecule has 0 saturated carbocycles. The molecule has 0 aromatic heterocycles. The molecular formula is C42H52N6O10S2. The first-order valence-electron chi connectivity index (χ1n) is 19.9. The average molecular weight is 865 g/mol. The van der Waals surface area contributed by atoms with E-state index in [0.29, 0.717) is 121 Å². The number of likely N-dealkylation sites (tertiary alicyclic amines) is 2. The Balaban J connectivity index is 1.06. The summed E-state index contributed by atoms with van der Waals surface area (Å²) in [6.07, 6.45) is 3.82. The van der Waals surface area contributed by atoms with Crippen LogP contribution < -0.4 is 40.2 Å². The first kappa shape index (κ1) is 43.9. The Hall–Kier alpha value is -5.62. The number of hydrogen-bond donors (Lipinski definition) is 4. The molecule has 4 aliphatic heterocycles. The van der Waals surface area contributed by atoms with Gasteiger partial charge in [0.25, 0.3) is 11.8 Å². The van der Waals surface area contributed by atoms with Crippen LogP contribution in [0.25, 0.3) is 0 Å². The number of nitrogens with zero attached hydrogens (tertiary/aromatic N) is 2. The van der Waals surface area contributed by atoms with Gasteiger partial charge in [-0.2, -0.15) is 0 Å². The number of carbonyl (C=O) groups is 4. The highest BCUT2D eigenvalue weighted by atomic mass is 32.1. The molecule has 4 atom stereocenters. The summed E-state index contributed by atoms with van der Waals surface area (Å²) < 4.78 is 33.6. The maximum atomic E-state index is 13.9. The topological polar surface area (TPSA) is 178 Å². The van der Waals surface area contributed by atoms with Crippen LogP contribution in [0.4, 0.5) is 0 Å². The monoisotopic (exact) mass is 864 g/mol. The van der Waals surface area contributed by atoms with Crippen molar-refractivity contribution in [3.8, 4) is 23.0 Å². The van der Waals surface area contributed by atoms with Gasteiger partial charge >= 0.3 is 11.9 Å². The molecule has 0 radical (unpaired) electrons. The Morgan fingerprint density at radius 1 is 0.633 bits per heavy atom. The van der Waals surface area contributed by atoms with Crippen molar-refractivity contribution in [3.63, 3.8) is 0 Å². The molecule has 322 valence electrons. The fourth-order valence-corrected chi connectivity index (χ4v) is 8.62. The van der Waals surface area contributed by atoms with Gasteiger partial charge in [-0.25, -0.2) is 9.59 Å². The Labute approximate surface area is 360 Å². The first-order chi connectivity index (χ1) is 28.9. The van der Waals surface area contributed by atoms with Crippen molar-refractivity contribution in [2.24, 2.45) is 0 Å². The zero-order valence-electron chi connectivity index (χ0n) is 34.6. The second-order valence-electron chi connectivity index (χ2n) is 14.7. The molecule has 4 N–H and O–H groups in total. The number of methoxy groups -OCH3 is 4. The minimum atomic E-state index is -0.642. The number of nitrogens with one attached hydrogen (secondary N) is 4. The first-order valence-corrected chi connectivity index (χ1v) is 20.7. The Kier molecular flexibility index (Phi) is 14.4. The molecule has 18 heteroatoms. The van der Waals surface area contributed by atoms with Crippen LogP contribution in [0.5, 0.6) is 23.0 Å². The van der Waals surface area contributed by atoms with Gasteiger partial charge in [-0.1, -0.05) is 12.1 Å². The van der Waals surface area contributed by atoms with E-state index in [-0.39, 0.29) is 11.8 Å². The third-order valence-electron chi connectivity index (χ3n) is 11.1. The molecule has 2 fully saturated rings. The number of hydrogen-bond acceptors (Lipinski definition) is 12. The highest BCUT2D eigenvalue weighted by Gasteiger charge is 2.42. The molecule has 2 unspecified atom stereocenters. The SMILES string of the molecule is COC(=O)[C@@H]1CCCN1C(=O)C1=C(C)NC(=S)NC1c1ccc(OCCCCOc2ccc(C3NC(=S)NC(C)=C3C(=O)N3CCC[C@H]3C(=O)OC)cc2OC)c(OC)c1. The Bertz CT molecular complexity index is 1950. The number of unbranched alkanes of at least 4 members (excludes halogenated alkanes) is 1. The quantitative estimate of drug-likeness (QED) is 0.115. The molecule has 2 amide bonds. The van der Waals surface area contributed by atoms with Crippen LogP contribution in [-0.4, -0.2) is 111 Å². The zero-order valence-corrected chi connectivity index (χ0v) is 36.3. The van der Waals surface area contributed by atoms with E-state index in [1.807, 2.05) is 24.3 Å². The molecule has 4 aliphatic rings. The summed E-state index contributed by atoms with van der Waals surface area (Å²) in [6.45, 7) is 5.25. The van der Waals surface area contributed by atoms with Gasteiger partial charge in [-0.05, 0) is 112 Å². The Morgan fingerprint density at radius 2 is 1.03 bits per heavy atom. The fourth-order valence-electron chi connectivity index (χ4n) is 8.08. The molecule has 2 aromatic rings. The second-order valence-corrected chi connectivity index (χ2v) is 15.5. The molecule has 0 bridgehead atoms. The summed E-state index contributed by atoms with van der Waals surface area (Å²) >= 11 is 10.9. The van der Waals surface area contributed by atoms with E-state index in [1.54, 1.807) is 50.0 Å². The molecule has 2 aromatic carbocycles. The van der Waals surface area contributed by atoms with E-state index in [1.165, 1.54) is 14.2 Å². The molecule has 4 heterocycles. The van der Waals surface area contributed by atoms with Gasteiger partial charge in [-0.15, -0.1) is 0 Å². The van der Waals surface area contributed by atoms with Crippen molar-refractivity contribution < 1.29 is 47.6 Å². The van der Waals surface area contributed by atoms with Gasteiger partial charge in [0.15, 0.2) is 33.2 Å². The molecule has 0 aliphatic carbocycles. The van der Waals surface area contributed by atoms with E-state index in [9.17, 15) is 19.2 Å². The van der Waals surface area contributed by atoms with Crippen LogP contribution in [0, 0.1) is 0 Å². The van der Waals surface area contributed by atoms with Crippen LogP contribution in [0.3, 0.4) is 0 Å². The molecular weight excluding hydrogens is 813 g/mol. The molecule has 6 rings (SSSR count). The number of carbonyl (C=O) groups excluding carboxylic acids is 4. The van der Waals surface area contributed by atoms with Crippen LogP contribution >= 0.6 is 24.4 Å². The van der Waals surface area contributed by atoms with Gasteiger partial charge in [-0.3, -0.25) is 9.59 Å². The molecule has 16 nitrogen and oxygen atoms in total. The highest BCUT2D eigenvalue weighted by molar-refractivity contribution is 7.80. The minimum absolute atomic E-state index is 0.270. The van der Waals surface area contributed by atoms with Crippen molar-refractivity contribution in [2.75, 3.05) is 54.7 Å². The number of rotatable bonds is 15. The summed E-state index contributed by atoms with van der Waals surface area (Å²) in [7, 11) is 5.76. The lowest BCUT2D eigenvalue weighted by molar-refractivity contribution is -0.150. The zero-order chi connectivity index (χ0) is 43.1. The molecule has 60 heavy (non-hydrogen) atoms. The predicted molar refractivity (Wildman–Crippen MR) is 228 cm³/mol. The molecule has 0 spiro atoms. The van der Waals surface area contributed by atoms with E-state index in [4.69, 9.17) is 52.9 Å². The lowest BCUT2D eigenvalue weighted by atomic mass is 9.94. The van der Waals surface area contributed by atoms with Gasteiger partial charge in [0, 0.05) is 24.5 Å². The standard InChI is InChI=1S/C42H52N6O10S2/c1-23-33(37(49)47-17-9-11-27(47)39(51)55-5)35(45-41(59)43-23)25-13-15-29(31(21-25)53-3)57-19-7-8-20-58-30-16-14-26(22-32(30)54-4)36-34(24(2)44-42(60)46-36)38(50)48-18-10-12-28(48)40(52)56-6/h13-16,21-22,27-28,35-36H,7-12,17-20H2,1-6H3,(H2,43,45,59)(H2,44,46,60)/t27-,28-,35?,36?/m0/s1. The van der Waals surface area contributed by atoms with Crippen molar-refractivity contribution in [1.82, 2.24) is 31.1 Å². The lowest BCUT2D eigenvalue weighted by Crippen LogP contribution is -2.49. The van der Waals surface area contributed by atoms with E-state index in [2.05, 4.69) is 21.3 Å². The van der Waals surface area contributed by atoms with Gasteiger partial charge < -0.3 is 59.5 Å². The van der Waals surface area contributed by atoms with Crippen LogP contribution in [0.1, 0.15) is 75.6 Å². The number of amides is 2. The van der Waals surface area contributed by atoms with Crippen LogP contribution in [-0.2, 0) is 28.7 Å². The third-order valence-corrected chi connectivity index (χ3v) is 11.5. The Morgan fingerprint density at radius 3 is 1.40 bits per heavy atom. The maximum absolute atomic E-state index is 13.9. The number of thiocarbonyl (C=S) groups is 2. The van der Waals surface area contributed by atoms with Crippen molar-refractivity contribution in [1.29, 1.82) is 0 Å². The normalized spacial score (nSPS) is 21.4. The number of allylic oxidation sites excluding steroid dienone is 2. The largest absolute Gasteiger partial charge is 0.493 e. The number of ether oxygens (including phenoxy) is 6. The smallest absolute Gasteiger partial charge is 0.328 e. The van der Waals surface area contributed by atoms with E-state index in [0.717, 1.165) is 11.1 Å². The van der Waals surface area contributed by atoms with Crippen molar-refractivity contribution >= 4 is 58.4 Å². The summed E-state index contributed by atoms with van der Waals surface area (Å²) in [5.74, 6) is 0.636. The van der Waals surface area contributed by atoms with Crippen molar-refractivity contribution in [2.45, 2.75) is 76.5 Å². The van der Waals surface area contributed by atoms with Crippen LogP contribution in [0.15, 0.2) is 58.9 Å². The van der Waals surface area contributed by atoms with Crippen LogP contribution in [0.2, 0.25) is 0 Å². The minimum Gasteiger partial charge on any atom is -0.493 e. The average Bonchev–Trinajstić information content (AvgIpc) is 3.95. The third kappa shape index (κ3) is 9.39. The molecule has 2 saturated heterocycles. The van der Waals surface area contributed by atoms with Crippen molar-refractivity contribution in [3.05, 3.63) is 70.1 Å². The van der Waals surface area contributed by atoms with Gasteiger partial charge in [0.1, 0.15) is 12.1 Å². The summed E-state index contributed by atoms with van der Waals surface area (Å²) in [5, 5.41) is 13.3. The maximum Gasteiger partial charge on any atom is 0.328 e. The summed E-state index contributed by atoms with van der Waals surface area (Å²) in [5.41, 5.74) is 3.58. The van der Waals surface area contributed by atoms with E-state index < -0.39 is 36.1 Å². The van der Waals surface area contributed by atoms with E-state index >= 15 is 0 Å². The predicted octanol–water partition coefficient (Wildman–Crippen LogP) is 3.86. The summed E-state index contributed by atoms with van der Waals surface area (Å²) in [6, 6.07) is 8.49. The van der Waals surface area contributed by atoms with Gasteiger partial charge in [0.2, 0.25) is 0 Å². The lowest BCUT2D eigenvalue weighted by Gasteiger charge is -2.33.